The minimum atomic E-state index is -0.583. The number of para-hydroxylation sites is 2. The summed E-state index contributed by atoms with van der Waals surface area (Å²) in [5.74, 6) is 1.76. The van der Waals surface area contributed by atoms with Gasteiger partial charge in [0.1, 0.15) is 22.7 Å². The van der Waals surface area contributed by atoms with Crippen molar-refractivity contribution in [3.63, 3.8) is 0 Å². The first-order valence-corrected chi connectivity index (χ1v) is 19.1. The average Bonchev–Trinajstić information content (AvgIpc) is 3.84. The van der Waals surface area contributed by atoms with E-state index in [0.29, 0.717) is 0 Å². The minimum absolute atomic E-state index is 0.156. The second-order valence-electron chi connectivity index (χ2n) is 15.6. The van der Waals surface area contributed by atoms with Crippen LogP contribution in [0.15, 0.2) is 180 Å². The van der Waals surface area contributed by atoms with Gasteiger partial charge in [0.15, 0.2) is 0 Å². The molecule has 3 nitrogen and oxygen atoms in total. The van der Waals surface area contributed by atoms with Gasteiger partial charge in [0.2, 0.25) is 0 Å². The molecule has 0 N–H and O–H groups in total. The molecule has 0 atom stereocenters. The molecule has 0 bridgehead atoms. The van der Waals surface area contributed by atoms with Gasteiger partial charge >= 0.3 is 0 Å². The van der Waals surface area contributed by atoms with Gasteiger partial charge in [0.05, 0.1) is 22.2 Å². The molecule has 2 aliphatic carbocycles. The highest BCUT2D eigenvalue weighted by molar-refractivity contribution is 6.14. The van der Waals surface area contributed by atoms with Gasteiger partial charge in [-0.25, -0.2) is 0 Å². The molecule has 9 aromatic rings. The molecule has 1 aromatic heterocycles. The van der Waals surface area contributed by atoms with E-state index >= 15 is 0 Å². The molecule has 3 aliphatic rings. The van der Waals surface area contributed by atoms with Crippen LogP contribution in [-0.2, 0) is 10.8 Å². The molecule has 1 spiro atoms. The summed E-state index contributed by atoms with van der Waals surface area (Å²) in [6.07, 6.45) is 0. The van der Waals surface area contributed by atoms with Gasteiger partial charge in [-0.15, -0.1) is 0 Å². The number of anilines is 3. The minimum Gasteiger partial charge on any atom is -0.457 e. The first-order valence-electron chi connectivity index (χ1n) is 19.1. The summed E-state index contributed by atoms with van der Waals surface area (Å²) in [7, 11) is 0. The molecule has 0 fully saturated rings. The number of hydrogen-bond acceptors (Lipinski definition) is 3. The van der Waals surface area contributed by atoms with Gasteiger partial charge in [-0.3, -0.25) is 0 Å². The fraction of sp³-hybridized carbons (Fsp3) is 0.0769. The van der Waals surface area contributed by atoms with Gasteiger partial charge < -0.3 is 14.1 Å². The maximum absolute atomic E-state index is 6.87. The summed E-state index contributed by atoms with van der Waals surface area (Å²) in [4.78, 5) is 2.47. The molecule has 0 amide bonds. The van der Waals surface area contributed by atoms with E-state index in [9.17, 15) is 0 Å². The number of rotatable bonds is 3. The number of ether oxygens (including phenoxy) is 1. The molecule has 12 rings (SSSR count). The Morgan fingerprint density at radius 3 is 1.82 bits per heavy atom. The lowest BCUT2D eigenvalue weighted by atomic mass is 9.66. The summed E-state index contributed by atoms with van der Waals surface area (Å²) in [5, 5.41) is 2.18. The highest BCUT2D eigenvalue weighted by Gasteiger charge is 2.51. The summed E-state index contributed by atoms with van der Waals surface area (Å²) in [6.45, 7) is 4.70. The molecule has 0 saturated carbocycles. The normalized spacial score (nSPS) is 14.8. The molecular formula is C52H35NO2. The van der Waals surface area contributed by atoms with Crippen LogP contribution < -0.4 is 9.64 Å². The van der Waals surface area contributed by atoms with Crippen molar-refractivity contribution >= 4 is 39.0 Å². The van der Waals surface area contributed by atoms with Crippen molar-refractivity contribution in [2.75, 3.05) is 4.90 Å². The van der Waals surface area contributed by atoms with Gasteiger partial charge in [0, 0.05) is 33.2 Å². The third-order valence-electron chi connectivity index (χ3n) is 12.5. The first-order chi connectivity index (χ1) is 27.0. The molecule has 1 aliphatic heterocycles. The van der Waals surface area contributed by atoms with Crippen molar-refractivity contribution in [3.05, 3.63) is 209 Å². The molecular weight excluding hydrogens is 671 g/mol. The summed E-state index contributed by atoms with van der Waals surface area (Å²) < 4.78 is 13.4. The van der Waals surface area contributed by atoms with E-state index in [-0.39, 0.29) is 5.41 Å². The number of hydrogen-bond donors (Lipinski definition) is 0. The van der Waals surface area contributed by atoms with Crippen LogP contribution in [0.3, 0.4) is 0 Å². The number of furan rings is 1. The zero-order valence-electron chi connectivity index (χ0n) is 30.5. The summed E-state index contributed by atoms with van der Waals surface area (Å²) in [6, 6.07) is 63.8. The Morgan fingerprint density at radius 1 is 0.436 bits per heavy atom. The highest BCUT2D eigenvalue weighted by atomic mass is 16.5. The number of fused-ring (bicyclic) bond motifs is 15. The quantitative estimate of drug-likeness (QED) is 0.183. The van der Waals surface area contributed by atoms with E-state index in [1.54, 1.807) is 0 Å². The SMILES string of the molecule is CC1(C)c2ccccc2-c2c(N(c3ccc4c(c3)C3(c5ccccc5O4)c4ccccc4-c4ccccc43)c3cccc4oc5ccccc5c34)cccc21. The van der Waals surface area contributed by atoms with Gasteiger partial charge in [-0.1, -0.05) is 141 Å². The fourth-order valence-corrected chi connectivity index (χ4v) is 10.3. The largest absolute Gasteiger partial charge is 0.457 e. The van der Waals surface area contributed by atoms with Gasteiger partial charge in [0.25, 0.3) is 0 Å². The molecule has 0 unspecified atom stereocenters. The predicted molar refractivity (Wildman–Crippen MR) is 223 cm³/mol. The first kappa shape index (κ1) is 30.6. The molecule has 260 valence electrons. The van der Waals surface area contributed by atoms with Crippen molar-refractivity contribution in [2.45, 2.75) is 24.7 Å². The lowest BCUT2D eigenvalue weighted by Gasteiger charge is -2.40. The molecule has 55 heavy (non-hydrogen) atoms. The van der Waals surface area contributed by atoms with Gasteiger partial charge in [-0.2, -0.15) is 0 Å². The molecule has 3 heteroatoms. The third-order valence-corrected chi connectivity index (χ3v) is 12.5. The van der Waals surface area contributed by atoms with Crippen LogP contribution in [0.2, 0.25) is 0 Å². The monoisotopic (exact) mass is 705 g/mol. The standard InChI is InChI=1S/C52H35NO2/c1-51(2)37-19-7-5-17-35(37)49-41(51)23-13-24-43(49)53(44-25-14-28-48-50(44)36-18-6-11-26-45(36)54-48)32-29-30-47-42(31-32)52(40-22-10-12-27-46(40)55-47)38-20-8-3-15-33(38)34-16-4-9-21-39(34)52/h3-31H,1-2H3. The summed E-state index contributed by atoms with van der Waals surface area (Å²) >= 11 is 0. The second kappa shape index (κ2) is 10.9. The van der Waals surface area contributed by atoms with Crippen molar-refractivity contribution in [1.29, 1.82) is 0 Å². The Kier molecular flexibility index (Phi) is 6.05. The van der Waals surface area contributed by atoms with Crippen molar-refractivity contribution in [2.24, 2.45) is 0 Å². The van der Waals surface area contributed by atoms with Crippen LogP contribution in [0.4, 0.5) is 17.1 Å². The molecule has 8 aromatic carbocycles. The van der Waals surface area contributed by atoms with E-state index in [0.717, 1.165) is 61.6 Å². The van der Waals surface area contributed by atoms with Crippen LogP contribution in [0, 0.1) is 0 Å². The Labute approximate surface area is 319 Å². The lowest BCUT2D eigenvalue weighted by Crippen LogP contribution is -2.32. The Hall–Kier alpha value is -6.84. The van der Waals surface area contributed by atoms with Crippen molar-refractivity contribution in [3.8, 4) is 33.8 Å². The average molecular weight is 706 g/mol. The van der Waals surface area contributed by atoms with Crippen LogP contribution in [-0.4, -0.2) is 0 Å². The van der Waals surface area contributed by atoms with E-state index in [4.69, 9.17) is 9.15 Å². The van der Waals surface area contributed by atoms with E-state index < -0.39 is 5.41 Å². The van der Waals surface area contributed by atoms with Crippen LogP contribution in [0.25, 0.3) is 44.2 Å². The van der Waals surface area contributed by atoms with Crippen LogP contribution >= 0.6 is 0 Å². The molecule has 2 heterocycles. The maximum atomic E-state index is 6.87. The van der Waals surface area contributed by atoms with E-state index in [2.05, 4.69) is 189 Å². The smallest absolute Gasteiger partial charge is 0.137 e. The number of nitrogens with zero attached hydrogens (tertiary/aromatic N) is 1. The van der Waals surface area contributed by atoms with E-state index in [1.165, 1.54) is 44.5 Å². The van der Waals surface area contributed by atoms with E-state index in [1.807, 2.05) is 6.07 Å². The van der Waals surface area contributed by atoms with Gasteiger partial charge in [-0.05, 0) is 87.5 Å². The van der Waals surface area contributed by atoms with Crippen LogP contribution in [0.1, 0.15) is 47.2 Å². The second-order valence-corrected chi connectivity index (χ2v) is 15.6. The molecule has 0 saturated heterocycles. The Balaban J connectivity index is 1.20. The fourth-order valence-electron chi connectivity index (χ4n) is 10.3. The Bertz CT molecular complexity index is 3030. The van der Waals surface area contributed by atoms with Crippen molar-refractivity contribution < 1.29 is 9.15 Å². The topological polar surface area (TPSA) is 25.6 Å². The zero-order chi connectivity index (χ0) is 36.5. The molecule has 0 radical (unpaired) electrons. The van der Waals surface area contributed by atoms with Crippen molar-refractivity contribution in [1.82, 2.24) is 0 Å². The summed E-state index contributed by atoms with van der Waals surface area (Å²) in [5.41, 5.74) is 16.8. The Morgan fingerprint density at radius 2 is 1.02 bits per heavy atom. The number of benzene rings is 8. The lowest BCUT2D eigenvalue weighted by molar-refractivity contribution is 0.436. The highest BCUT2D eigenvalue weighted by Crippen LogP contribution is 2.63. The van der Waals surface area contributed by atoms with Crippen LogP contribution in [0.5, 0.6) is 11.5 Å². The predicted octanol–water partition coefficient (Wildman–Crippen LogP) is 13.8. The third kappa shape index (κ3) is 3.89. The maximum Gasteiger partial charge on any atom is 0.137 e. The zero-order valence-corrected chi connectivity index (χ0v) is 30.5.